The Labute approximate surface area is 174 Å². The molecule has 0 saturated carbocycles. The summed E-state index contributed by atoms with van der Waals surface area (Å²) in [4.78, 5) is 42.5. The number of likely N-dealkylation sites (tertiary alicyclic amines) is 1. The summed E-state index contributed by atoms with van der Waals surface area (Å²) in [7, 11) is 2.98. The average Bonchev–Trinajstić information content (AvgIpc) is 2.74. The van der Waals surface area contributed by atoms with Crippen LogP contribution < -0.4 is 15.8 Å². The number of piperidine rings is 1. The van der Waals surface area contributed by atoms with Crippen molar-refractivity contribution in [1.82, 2.24) is 15.2 Å². The summed E-state index contributed by atoms with van der Waals surface area (Å²) in [5.74, 6) is -0.759. The molecule has 2 heterocycles. The molecule has 9 nitrogen and oxygen atoms in total. The maximum atomic E-state index is 12.6. The number of primary amides is 1. The Hall–Kier alpha value is -3.04. The SMILES string of the molecule is COc1ccc2ncc(C(OC)C(=O)NC(=O)CN3CCC(C(N)=O)CC3)cc2c1. The van der Waals surface area contributed by atoms with Crippen LogP contribution in [0.3, 0.4) is 0 Å². The summed E-state index contributed by atoms with van der Waals surface area (Å²) in [6, 6.07) is 7.24. The third-order valence-electron chi connectivity index (χ3n) is 5.31. The first kappa shape index (κ1) is 21.7. The van der Waals surface area contributed by atoms with Crippen LogP contribution in [-0.2, 0) is 19.1 Å². The van der Waals surface area contributed by atoms with Gasteiger partial charge in [-0.1, -0.05) is 0 Å². The van der Waals surface area contributed by atoms with Gasteiger partial charge in [-0.3, -0.25) is 29.6 Å². The average molecular weight is 414 g/mol. The summed E-state index contributed by atoms with van der Waals surface area (Å²) in [6.45, 7) is 1.24. The quantitative estimate of drug-likeness (QED) is 0.686. The number of rotatable bonds is 7. The third-order valence-corrected chi connectivity index (χ3v) is 5.31. The Morgan fingerprint density at radius 2 is 1.97 bits per heavy atom. The van der Waals surface area contributed by atoms with Crippen molar-refractivity contribution in [2.45, 2.75) is 18.9 Å². The van der Waals surface area contributed by atoms with Crippen LogP contribution in [0.25, 0.3) is 10.9 Å². The standard InChI is InChI=1S/C21H26N4O5/c1-29-16-3-4-17-14(10-16)9-15(11-23-17)19(30-2)21(28)24-18(26)12-25-7-5-13(6-8-25)20(22)27/h3-4,9-11,13,19H,5-8,12H2,1-2H3,(H2,22,27)(H,24,26,28). The number of pyridine rings is 1. The number of nitrogens with zero attached hydrogens (tertiary/aromatic N) is 2. The second-order valence-corrected chi connectivity index (χ2v) is 7.31. The smallest absolute Gasteiger partial charge is 0.260 e. The first-order valence-electron chi connectivity index (χ1n) is 9.73. The number of imide groups is 1. The first-order valence-corrected chi connectivity index (χ1v) is 9.73. The van der Waals surface area contributed by atoms with E-state index in [1.54, 1.807) is 25.4 Å². The highest BCUT2D eigenvalue weighted by Crippen LogP contribution is 2.24. The minimum Gasteiger partial charge on any atom is -0.497 e. The largest absolute Gasteiger partial charge is 0.497 e. The number of nitrogens with one attached hydrogen (secondary N) is 1. The monoisotopic (exact) mass is 414 g/mol. The van der Waals surface area contributed by atoms with E-state index in [4.69, 9.17) is 15.2 Å². The highest BCUT2D eigenvalue weighted by atomic mass is 16.5. The van der Waals surface area contributed by atoms with Crippen LogP contribution in [0.1, 0.15) is 24.5 Å². The van der Waals surface area contributed by atoms with E-state index in [1.165, 1.54) is 7.11 Å². The van der Waals surface area contributed by atoms with Crippen molar-refractivity contribution in [3.8, 4) is 5.75 Å². The molecule has 2 aromatic rings. The Balaban J connectivity index is 1.62. The molecule has 1 aliphatic rings. The molecule has 3 amide bonds. The number of fused-ring (bicyclic) bond motifs is 1. The fourth-order valence-electron chi connectivity index (χ4n) is 3.61. The van der Waals surface area contributed by atoms with Gasteiger partial charge in [-0.05, 0) is 50.2 Å². The van der Waals surface area contributed by atoms with Gasteiger partial charge in [0.2, 0.25) is 11.8 Å². The van der Waals surface area contributed by atoms with E-state index in [2.05, 4.69) is 10.3 Å². The van der Waals surface area contributed by atoms with Gasteiger partial charge >= 0.3 is 0 Å². The number of ether oxygens (including phenoxy) is 2. The zero-order valence-electron chi connectivity index (χ0n) is 17.1. The van der Waals surface area contributed by atoms with Gasteiger partial charge in [-0.25, -0.2) is 0 Å². The highest BCUT2D eigenvalue weighted by Gasteiger charge is 2.26. The fraction of sp³-hybridized carbons (Fsp3) is 0.429. The third kappa shape index (κ3) is 5.11. The predicted octanol–water partition coefficient (Wildman–Crippen LogP) is 0.771. The summed E-state index contributed by atoms with van der Waals surface area (Å²) < 4.78 is 10.6. The fourth-order valence-corrected chi connectivity index (χ4v) is 3.61. The zero-order chi connectivity index (χ0) is 21.7. The number of methoxy groups -OCH3 is 2. The maximum Gasteiger partial charge on any atom is 0.260 e. The van der Waals surface area contributed by atoms with E-state index in [0.717, 1.165) is 10.9 Å². The van der Waals surface area contributed by atoms with Crippen molar-refractivity contribution in [2.75, 3.05) is 33.9 Å². The number of hydrogen-bond donors (Lipinski definition) is 2. The highest BCUT2D eigenvalue weighted by molar-refractivity contribution is 5.98. The molecule has 1 atom stereocenters. The van der Waals surface area contributed by atoms with Crippen molar-refractivity contribution in [3.63, 3.8) is 0 Å². The van der Waals surface area contributed by atoms with E-state index in [-0.39, 0.29) is 18.4 Å². The van der Waals surface area contributed by atoms with Crippen LogP contribution in [0.15, 0.2) is 30.5 Å². The summed E-state index contributed by atoms with van der Waals surface area (Å²) in [5.41, 5.74) is 6.62. The Kier molecular flexibility index (Phi) is 6.96. The minimum atomic E-state index is -0.974. The van der Waals surface area contributed by atoms with Crippen LogP contribution in [0.2, 0.25) is 0 Å². The molecule has 1 unspecified atom stereocenters. The summed E-state index contributed by atoms with van der Waals surface area (Å²) >= 11 is 0. The number of carbonyl (C=O) groups excluding carboxylic acids is 3. The molecule has 9 heteroatoms. The van der Waals surface area contributed by atoms with Crippen molar-refractivity contribution in [2.24, 2.45) is 11.7 Å². The van der Waals surface area contributed by atoms with Gasteiger partial charge in [0, 0.05) is 30.2 Å². The lowest BCUT2D eigenvalue weighted by Gasteiger charge is -2.29. The topological polar surface area (TPSA) is 124 Å². The number of nitrogens with two attached hydrogens (primary N) is 1. The van der Waals surface area contributed by atoms with E-state index in [9.17, 15) is 14.4 Å². The van der Waals surface area contributed by atoms with Crippen molar-refractivity contribution >= 4 is 28.6 Å². The normalized spacial score (nSPS) is 16.2. The molecule has 160 valence electrons. The van der Waals surface area contributed by atoms with Gasteiger partial charge in [0.15, 0.2) is 6.10 Å². The van der Waals surface area contributed by atoms with E-state index < -0.39 is 17.9 Å². The van der Waals surface area contributed by atoms with E-state index in [1.807, 2.05) is 17.0 Å². The van der Waals surface area contributed by atoms with Gasteiger partial charge in [-0.2, -0.15) is 0 Å². The number of aromatic nitrogens is 1. The van der Waals surface area contributed by atoms with E-state index in [0.29, 0.717) is 37.2 Å². The molecule has 3 rings (SSSR count). The van der Waals surface area contributed by atoms with Gasteiger partial charge in [0.1, 0.15) is 5.75 Å². The van der Waals surface area contributed by atoms with Crippen LogP contribution in [0, 0.1) is 5.92 Å². The molecule has 0 spiro atoms. The Bertz CT molecular complexity index is 940. The molecule has 1 saturated heterocycles. The zero-order valence-corrected chi connectivity index (χ0v) is 17.1. The van der Waals surface area contributed by atoms with Crippen LogP contribution in [-0.4, -0.2) is 61.5 Å². The molecule has 30 heavy (non-hydrogen) atoms. The van der Waals surface area contributed by atoms with Gasteiger partial charge in [0.25, 0.3) is 5.91 Å². The van der Waals surface area contributed by atoms with Gasteiger partial charge < -0.3 is 15.2 Å². The van der Waals surface area contributed by atoms with Crippen LogP contribution in [0.5, 0.6) is 5.75 Å². The molecule has 1 aromatic heterocycles. The predicted molar refractivity (Wildman–Crippen MR) is 110 cm³/mol. The Morgan fingerprint density at radius 1 is 1.23 bits per heavy atom. The molecule has 0 aliphatic carbocycles. The lowest BCUT2D eigenvalue weighted by atomic mass is 9.96. The van der Waals surface area contributed by atoms with Gasteiger partial charge in [0.05, 0.1) is 19.2 Å². The lowest BCUT2D eigenvalue weighted by molar-refractivity contribution is -0.137. The number of carbonyl (C=O) groups is 3. The summed E-state index contributed by atoms with van der Waals surface area (Å²) in [5, 5.41) is 3.19. The van der Waals surface area contributed by atoms with Gasteiger partial charge in [-0.15, -0.1) is 0 Å². The molecular weight excluding hydrogens is 388 g/mol. The molecule has 0 radical (unpaired) electrons. The Morgan fingerprint density at radius 3 is 2.60 bits per heavy atom. The maximum absolute atomic E-state index is 12.6. The first-order chi connectivity index (χ1) is 14.4. The molecule has 1 aromatic carbocycles. The molecule has 1 aliphatic heterocycles. The summed E-state index contributed by atoms with van der Waals surface area (Å²) in [6.07, 6.45) is 1.81. The second kappa shape index (κ2) is 9.64. The minimum absolute atomic E-state index is 0.0703. The second-order valence-electron chi connectivity index (χ2n) is 7.31. The van der Waals surface area contributed by atoms with Crippen LogP contribution >= 0.6 is 0 Å². The van der Waals surface area contributed by atoms with Crippen LogP contribution in [0.4, 0.5) is 0 Å². The molecular formula is C21H26N4O5. The number of hydrogen-bond acceptors (Lipinski definition) is 7. The number of amides is 3. The molecule has 3 N–H and O–H groups in total. The molecule has 0 bridgehead atoms. The molecule has 1 fully saturated rings. The number of benzene rings is 1. The van der Waals surface area contributed by atoms with E-state index >= 15 is 0 Å². The van der Waals surface area contributed by atoms with Crippen molar-refractivity contribution < 1.29 is 23.9 Å². The van der Waals surface area contributed by atoms with Crippen molar-refractivity contribution in [3.05, 3.63) is 36.0 Å². The van der Waals surface area contributed by atoms with Crippen molar-refractivity contribution in [1.29, 1.82) is 0 Å². The lowest BCUT2D eigenvalue weighted by Crippen LogP contribution is -2.45.